The van der Waals surface area contributed by atoms with E-state index in [1.54, 1.807) is 7.11 Å². The van der Waals surface area contributed by atoms with Crippen molar-refractivity contribution in [2.45, 2.75) is 25.0 Å². The lowest BCUT2D eigenvalue weighted by atomic mass is 10.1. The number of hydrogen-bond acceptors (Lipinski definition) is 3. The molecular weight excluding hydrogens is 324 g/mol. The first kappa shape index (κ1) is 15.5. The van der Waals surface area contributed by atoms with E-state index in [0.29, 0.717) is 5.02 Å². The van der Waals surface area contributed by atoms with Crippen molar-refractivity contribution in [1.82, 2.24) is 4.90 Å². The van der Waals surface area contributed by atoms with Gasteiger partial charge < -0.3 is 4.74 Å². The maximum Gasteiger partial charge on any atom is 0.246 e. The largest absolute Gasteiger partial charge is 0.497 e. The van der Waals surface area contributed by atoms with Gasteiger partial charge in [0, 0.05) is 17.3 Å². The maximum atomic E-state index is 13.0. The molecule has 2 saturated heterocycles. The van der Waals surface area contributed by atoms with Gasteiger partial charge in [-0.25, -0.2) is 0 Å². The predicted molar refractivity (Wildman–Crippen MR) is 94.4 cm³/mol. The van der Waals surface area contributed by atoms with E-state index < -0.39 is 0 Å². The lowest BCUT2D eigenvalue weighted by Crippen LogP contribution is -2.32. The van der Waals surface area contributed by atoms with E-state index in [2.05, 4.69) is 11.0 Å². The molecule has 2 aliphatic rings. The Morgan fingerprint density at radius 1 is 1.17 bits per heavy atom. The molecule has 2 aliphatic heterocycles. The molecule has 5 heteroatoms. The van der Waals surface area contributed by atoms with E-state index in [0.717, 1.165) is 36.4 Å². The van der Waals surface area contributed by atoms with Crippen LogP contribution < -0.4 is 9.64 Å². The average Bonchev–Trinajstić information content (AvgIpc) is 3.17. The summed E-state index contributed by atoms with van der Waals surface area (Å²) in [6.45, 7) is 0.926. The van der Waals surface area contributed by atoms with Gasteiger partial charge in [-0.3, -0.25) is 14.6 Å². The summed E-state index contributed by atoms with van der Waals surface area (Å²) in [6.07, 6.45) is 1.86. The van der Waals surface area contributed by atoms with Gasteiger partial charge in [0.1, 0.15) is 11.9 Å². The van der Waals surface area contributed by atoms with Crippen molar-refractivity contribution in [3.63, 3.8) is 0 Å². The SMILES string of the molecule is COc1cccc([C@H]2N(c3cccc(Cl)c3)C(=O)[C@@H]3CCCN32)c1. The molecule has 0 bridgehead atoms. The van der Waals surface area contributed by atoms with Crippen LogP contribution in [0.2, 0.25) is 5.02 Å². The topological polar surface area (TPSA) is 32.8 Å². The number of halogens is 1. The van der Waals surface area contributed by atoms with Crippen LogP contribution in [0.15, 0.2) is 48.5 Å². The van der Waals surface area contributed by atoms with Gasteiger partial charge in [-0.05, 0) is 48.7 Å². The van der Waals surface area contributed by atoms with Gasteiger partial charge >= 0.3 is 0 Å². The average molecular weight is 343 g/mol. The summed E-state index contributed by atoms with van der Waals surface area (Å²) < 4.78 is 5.37. The summed E-state index contributed by atoms with van der Waals surface area (Å²) in [5, 5.41) is 0.636. The number of methoxy groups -OCH3 is 1. The minimum atomic E-state index is -0.112. The van der Waals surface area contributed by atoms with Gasteiger partial charge in [-0.2, -0.15) is 0 Å². The molecule has 0 saturated carbocycles. The molecule has 4 nitrogen and oxygen atoms in total. The molecule has 124 valence electrons. The second-order valence-electron chi connectivity index (χ2n) is 6.23. The fraction of sp³-hybridized carbons (Fsp3) is 0.316. The second-order valence-corrected chi connectivity index (χ2v) is 6.67. The number of nitrogens with zero attached hydrogens (tertiary/aromatic N) is 2. The fourth-order valence-electron chi connectivity index (χ4n) is 3.81. The molecule has 2 heterocycles. The molecule has 0 radical (unpaired) electrons. The minimum absolute atomic E-state index is 0.0415. The Hall–Kier alpha value is -2.04. The van der Waals surface area contributed by atoms with Crippen molar-refractivity contribution in [2.24, 2.45) is 0 Å². The van der Waals surface area contributed by atoms with Crippen LogP contribution in [0.3, 0.4) is 0 Å². The smallest absolute Gasteiger partial charge is 0.246 e. The van der Waals surface area contributed by atoms with Crippen LogP contribution in [0.1, 0.15) is 24.6 Å². The molecule has 24 heavy (non-hydrogen) atoms. The molecule has 0 aliphatic carbocycles. The zero-order chi connectivity index (χ0) is 16.7. The first-order valence-corrected chi connectivity index (χ1v) is 8.55. The number of benzene rings is 2. The lowest BCUT2D eigenvalue weighted by molar-refractivity contribution is -0.119. The van der Waals surface area contributed by atoms with Gasteiger partial charge in [-0.15, -0.1) is 0 Å². The maximum absolute atomic E-state index is 13.0. The summed E-state index contributed by atoms with van der Waals surface area (Å²) in [5.74, 6) is 0.955. The molecule has 0 N–H and O–H groups in total. The van der Waals surface area contributed by atoms with Crippen molar-refractivity contribution >= 4 is 23.2 Å². The van der Waals surface area contributed by atoms with Crippen molar-refractivity contribution in [3.05, 3.63) is 59.1 Å². The van der Waals surface area contributed by atoms with E-state index >= 15 is 0 Å². The highest BCUT2D eigenvalue weighted by Crippen LogP contribution is 2.43. The van der Waals surface area contributed by atoms with E-state index in [1.807, 2.05) is 47.4 Å². The van der Waals surface area contributed by atoms with E-state index in [4.69, 9.17) is 16.3 Å². The number of hydrogen-bond donors (Lipinski definition) is 0. The molecule has 0 spiro atoms. The molecule has 2 aromatic rings. The van der Waals surface area contributed by atoms with Crippen LogP contribution in [-0.4, -0.2) is 30.5 Å². The Bertz CT molecular complexity index is 779. The third-order valence-electron chi connectivity index (χ3n) is 4.85. The van der Waals surface area contributed by atoms with Crippen LogP contribution in [0, 0.1) is 0 Å². The summed E-state index contributed by atoms with van der Waals surface area (Å²) in [5.41, 5.74) is 1.90. The highest BCUT2D eigenvalue weighted by atomic mass is 35.5. The first-order chi connectivity index (χ1) is 11.7. The Kier molecular flexibility index (Phi) is 3.94. The highest BCUT2D eigenvalue weighted by molar-refractivity contribution is 6.31. The van der Waals surface area contributed by atoms with Gasteiger partial charge in [0.15, 0.2) is 0 Å². The number of fused-ring (bicyclic) bond motifs is 1. The van der Waals surface area contributed by atoms with Gasteiger partial charge in [-0.1, -0.05) is 29.8 Å². The molecule has 2 fully saturated rings. The quantitative estimate of drug-likeness (QED) is 0.849. The van der Waals surface area contributed by atoms with E-state index in [9.17, 15) is 4.79 Å². The Morgan fingerprint density at radius 2 is 2.00 bits per heavy atom. The van der Waals surface area contributed by atoms with Crippen LogP contribution in [0.25, 0.3) is 0 Å². The third-order valence-corrected chi connectivity index (χ3v) is 5.09. The second kappa shape index (κ2) is 6.11. The Labute approximate surface area is 146 Å². The number of rotatable bonds is 3. The minimum Gasteiger partial charge on any atom is -0.497 e. The molecule has 1 amide bonds. The first-order valence-electron chi connectivity index (χ1n) is 8.17. The Balaban J connectivity index is 1.81. The van der Waals surface area contributed by atoms with Crippen molar-refractivity contribution in [3.8, 4) is 5.75 Å². The predicted octanol–water partition coefficient (Wildman–Crippen LogP) is 3.86. The lowest BCUT2D eigenvalue weighted by Gasteiger charge is -2.30. The van der Waals surface area contributed by atoms with Crippen molar-refractivity contribution < 1.29 is 9.53 Å². The van der Waals surface area contributed by atoms with Gasteiger partial charge in [0.25, 0.3) is 0 Å². The van der Waals surface area contributed by atoms with Crippen LogP contribution in [0.4, 0.5) is 5.69 Å². The number of carbonyl (C=O) groups is 1. The summed E-state index contributed by atoms with van der Waals surface area (Å²) in [7, 11) is 1.66. The standard InChI is InChI=1S/C19H19ClN2O2/c1-24-16-8-2-5-13(11-16)18-21-10-4-9-17(21)19(23)22(18)15-7-3-6-14(20)12-15/h2-3,5-8,11-12,17-18H,4,9-10H2,1H3/t17-,18+/m0/s1. The third kappa shape index (κ3) is 2.46. The van der Waals surface area contributed by atoms with Gasteiger partial charge in [0.2, 0.25) is 5.91 Å². The van der Waals surface area contributed by atoms with Crippen LogP contribution in [-0.2, 0) is 4.79 Å². The molecule has 4 rings (SSSR count). The normalized spacial score (nSPS) is 23.6. The summed E-state index contributed by atoms with van der Waals surface area (Å²) in [4.78, 5) is 17.2. The van der Waals surface area contributed by atoms with E-state index in [1.165, 1.54) is 0 Å². The number of amides is 1. The fourth-order valence-corrected chi connectivity index (χ4v) is 4.00. The zero-order valence-corrected chi connectivity index (χ0v) is 14.2. The molecular formula is C19H19ClN2O2. The van der Waals surface area contributed by atoms with E-state index in [-0.39, 0.29) is 18.1 Å². The highest BCUT2D eigenvalue weighted by Gasteiger charge is 2.49. The molecule has 0 aromatic heterocycles. The van der Waals surface area contributed by atoms with Crippen LogP contribution >= 0.6 is 11.6 Å². The molecule has 0 unspecified atom stereocenters. The monoisotopic (exact) mass is 342 g/mol. The number of ether oxygens (including phenoxy) is 1. The number of anilines is 1. The number of carbonyl (C=O) groups excluding carboxylic acids is 1. The van der Waals surface area contributed by atoms with Crippen LogP contribution in [0.5, 0.6) is 5.75 Å². The summed E-state index contributed by atoms with van der Waals surface area (Å²) in [6, 6.07) is 15.4. The Morgan fingerprint density at radius 3 is 2.79 bits per heavy atom. The van der Waals surface area contributed by atoms with Gasteiger partial charge in [0.05, 0.1) is 13.2 Å². The zero-order valence-electron chi connectivity index (χ0n) is 13.5. The summed E-state index contributed by atoms with van der Waals surface area (Å²) >= 11 is 6.16. The molecule has 2 aromatic carbocycles. The molecule has 2 atom stereocenters. The van der Waals surface area contributed by atoms with Crippen molar-refractivity contribution in [2.75, 3.05) is 18.6 Å². The van der Waals surface area contributed by atoms with Crippen molar-refractivity contribution in [1.29, 1.82) is 0 Å².